The average molecular weight is 381 g/mol. The van der Waals surface area contributed by atoms with Gasteiger partial charge in [-0.2, -0.15) is 0 Å². The van der Waals surface area contributed by atoms with Crippen molar-refractivity contribution in [2.75, 3.05) is 12.4 Å². The predicted molar refractivity (Wildman–Crippen MR) is 106 cm³/mol. The zero-order valence-electron chi connectivity index (χ0n) is 15.2. The second-order valence-corrected chi connectivity index (χ2v) is 7.07. The van der Waals surface area contributed by atoms with Crippen LogP contribution >= 0.6 is 11.3 Å². The maximum Gasteiger partial charge on any atom is 0.341 e. The lowest BCUT2D eigenvalue weighted by Crippen LogP contribution is -2.15. The van der Waals surface area contributed by atoms with Gasteiger partial charge in [-0.05, 0) is 43.7 Å². The van der Waals surface area contributed by atoms with Crippen LogP contribution < -0.4 is 10.1 Å². The Balaban J connectivity index is 1.90. The number of benzene rings is 2. The minimum Gasteiger partial charge on any atom is -0.465 e. The van der Waals surface area contributed by atoms with Crippen molar-refractivity contribution in [2.45, 2.75) is 13.8 Å². The molecule has 5 nitrogen and oxygen atoms in total. The molecule has 1 heterocycles. The molecule has 0 unspecified atom stereocenters. The lowest BCUT2D eigenvalue weighted by Gasteiger charge is -2.11. The highest BCUT2D eigenvalue weighted by atomic mass is 32.1. The van der Waals surface area contributed by atoms with E-state index in [0.717, 1.165) is 10.4 Å². The summed E-state index contributed by atoms with van der Waals surface area (Å²) in [4.78, 5) is 25.9. The first-order valence-electron chi connectivity index (χ1n) is 8.33. The molecule has 1 N–H and O–H groups in total. The van der Waals surface area contributed by atoms with Gasteiger partial charge in [0.05, 0.1) is 18.2 Å². The van der Waals surface area contributed by atoms with Gasteiger partial charge in [-0.1, -0.05) is 30.3 Å². The number of para-hydroxylation sites is 2. The largest absolute Gasteiger partial charge is 0.465 e. The molecule has 6 heteroatoms. The molecule has 0 saturated heterocycles. The second kappa shape index (κ2) is 8.05. The molecule has 0 radical (unpaired) electrons. The first-order valence-corrected chi connectivity index (χ1v) is 9.14. The molecule has 138 valence electrons. The molecule has 3 rings (SSSR count). The Morgan fingerprint density at radius 2 is 1.63 bits per heavy atom. The van der Waals surface area contributed by atoms with E-state index in [4.69, 9.17) is 9.47 Å². The highest BCUT2D eigenvalue weighted by molar-refractivity contribution is 7.16. The molecule has 0 aliphatic heterocycles. The number of methoxy groups -OCH3 is 1. The van der Waals surface area contributed by atoms with E-state index in [1.165, 1.54) is 18.4 Å². The van der Waals surface area contributed by atoms with Gasteiger partial charge in [-0.15, -0.1) is 11.3 Å². The van der Waals surface area contributed by atoms with Crippen LogP contribution in [0.15, 0.2) is 54.6 Å². The summed E-state index contributed by atoms with van der Waals surface area (Å²) in [7, 11) is 1.32. The molecule has 1 amide bonds. The number of amides is 1. The molecule has 0 atom stereocenters. The quantitative estimate of drug-likeness (QED) is 0.617. The molecule has 0 fully saturated rings. The number of nitrogens with one attached hydrogen (secondary N) is 1. The third kappa shape index (κ3) is 4.01. The Kier molecular flexibility index (Phi) is 5.57. The summed E-state index contributed by atoms with van der Waals surface area (Å²) < 4.78 is 10.7. The second-order valence-electron chi connectivity index (χ2n) is 5.84. The topological polar surface area (TPSA) is 64.6 Å². The fourth-order valence-corrected chi connectivity index (χ4v) is 3.64. The summed E-state index contributed by atoms with van der Waals surface area (Å²) in [5.74, 6) is 0.246. The number of carbonyl (C=O) groups is 2. The Hall–Kier alpha value is -3.12. The molecule has 0 bridgehead atoms. The van der Waals surface area contributed by atoms with Crippen molar-refractivity contribution < 1.29 is 19.1 Å². The summed E-state index contributed by atoms with van der Waals surface area (Å²) >= 11 is 1.34. The number of hydrogen-bond donors (Lipinski definition) is 1. The van der Waals surface area contributed by atoms with Crippen molar-refractivity contribution in [3.63, 3.8) is 0 Å². The number of carbonyl (C=O) groups excluding carboxylic acids is 2. The Morgan fingerprint density at radius 3 is 2.33 bits per heavy atom. The molecular weight excluding hydrogens is 362 g/mol. The van der Waals surface area contributed by atoms with Crippen LogP contribution in [0.3, 0.4) is 0 Å². The number of ether oxygens (including phenoxy) is 2. The van der Waals surface area contributed by atoms with Gasteiger partial charge in [0.15, 0.2) is 0 Å². The Labute approximate surface area is 161 Å². The van der Waals surface area contributed by atoms with Gasteiger partial charge in [0, 0.05) is 4.88 Å². The summed E-state index contributed by atoms with van der Waals surface area (Å²) in [6.07, 6.45) is 0. The molecule has 0 saturated carbocycles. The van der Waals surface area contributed by atoms with Crippen molar-refractivity contribution in [1.29, 1.82) is 0 Å². The van der Waals surface area contributed by atoms with E-state index >= 15 is 0 Å². The Bertz CT molecular complexity index is 979. The van der Waals surface area contributed by atoms with Gasteiger partial charge in [0.2, 0.25) is 0 Å². The summed E-state index contributed by atoms with van der Waals surface area (Å²) in [5, 5.41) is 3.30. The van der Waals surface area contributed by atoms with Gasteiger partial charge < -0.3 is 14.8 Å². The minimum atomic E-state index is -0.471. The summed E-state index contributed by atoms with van der Waals surface area (Å²) in [6.45, 7) is 3.73. The van der Waals surface area contributed by atoms with Crippen molar-refractivity contribution in [2.24, 2.45) is 0 Å². The van der Waals surface area contributed by atoms with Crippen LogP contribution in [-0.4, -0.2) is 19.0 Å². The van der Waals surface area contributed by atoms with Crippen LogP contribution in [0, 0.1) is 13.8 Å². The van der Waals surface area contributed by atoms with Crippen LogP contribution in [0.1, 0.15) is 31.2 Å². The van der Waals surface area contributed by atoms with E-state index in [-0.39, 0.29) is 5.91 Å². The average Bonchev–Trinajstić information content (AvgIpc) is 2.96. The SMILES string of the molecule is COC(=O)c1c(NC(=O)c2ccccc2Oc2ccccc2)sc(C)c1C. The van der Waals surface area contributed by atoms with Gasteiger partial charge in [-0.25, -0.2) is 4.79 Å². The predicted octanol–water partition coefficient (Wildman–Crippen LogP) is 5.20. The van der Waals surface area contributed by atoms with Crippen molar-refractivity contribution in [3.05, 3.63) is 76.2 Å². The third-order valence-corrected chi connectivity index (χ3v) is 5.23. The van der Waals surface area contributed by atoms with Crippen LogP contribution in [0.5, 0.6) is 11.5 Å². The standard InChI is InChI=1S/C21H19NO4S/c1-13-14(2)27-20(18(13)21(24)25-3)22-19(23)16-11-7-8-12-17(16)26-15-9-5-4-6-10-15/h4-12H,1-3H3,(H,22,23). The first kappa shape index (κ1) is 18.7. The first-order chi connectivity index (χ1) is 13.0. The monoisotopic (exact) mass is 381 g/mol. The molecule has 0 spiro atoms. The van der Waals surface area contributed by atoms with Crippen molar-refractivity contribution in [1.82, 2.24) is 0 Å². The molecular formula is C21H19NO4S. The van der Waals surface area contributed by atoms with Crippen LogP contribution in [0.4, 0.5) is 5.00 Å². The van der Waals surface area contributed by atoms with Crippen molar-refractivity contribution >= 4 is 28.2 Å². The molecule has 0 aliphatic rings. The highest BCUT2D eigenvalue weighted by Gasteiger charge is 2.23. The molecule has 2 aromatic carbocycles. The van der Waals surface area contributed by atoms with Gasteiger partial charge >= 0.3 is 5.97 Å². The normalized spacial score (nSPS) is 10.3. The smallest absolute Gasteiger partial charge is 0.341 e. The number of thiophene rings is 1. The van der Waals surface area contributed by atoms with Gasteiger partial charge in [0.25, 0.3) is 5.91 Å². The zero-order valence-corrected chi connectivity index (χ0v) is 16.1. The lowest BCUT2D eigenvalue weighted by atomic mass is 10.1. The zero-order chi connectivity index (χ0) is 19.4. The van der Waals surface area contributed by atoms with Gasteiger partial charge in [-0.3, -0.25) is 4.79 Å². The molecule has 3 aromatic rings. The number of anilines is 1. The maximum atomic E-state index is 12.9. The van der Waals surface area contributed by atoms with E-state index in [2.05, 4.69) is 5.32 Å². The fraction of sp³-hybridized carbons (Fsp3) is 0.143. The summed E-state index contributed by atoms with van der Waals surface area (Å²) in [6, 6.07) is 16.2. The number of hydrogen-bond acceptors (Lipinski definition) is 5. The lowest BCUT2D eigenvalue weighted by molar-refractivity contribution is 0.0601. The number of rotatable bonds is 5. The van der Waals surface area contributed by atoms with E-state index in [0.29, 0.717) is 27.6 Å². The van der Waals surface area contributed by atoms with Crippen LogP contribution in [0.2, 0.25) is 0 Å². The van der Waals surface area contributed by atoms with Crippen LogP contribution in [-0.2, 0) is 4.74 Å². The summed E-state index contributed by atoms with van der Waals surface area (Å²) in [5.41, 5.74) is 1.56. The van der Waals surface area contributed by atoms with E-state index in [9.17, 15) is 9.59 Å². The van der Waals surface area contributed by atoms with Gasteiger partial charge in [0.1, 0.15) is 16.5 Å². The van der Waals surface area contributed by atoms with Crippen molar-refractivity contribution in [3.8, 4) is 11.5 Å². The minimum absolute atomic E-state index is 0.354. The number of esters is 1. The molecule has 27 heavy (non-hydrogen) atoms. The van der Waals surface area contributed by atoms with E-state index in [1.54, 1.807) is 24.3 Å². The molecule has 0 aliphatic carbocycles. The third-order valence-electron chi connectivity index (χ3n) is 4.10. The Morgan fingerprint density at radius 1 is 0.963 bits per heavy atom. The van der Waals surface area contributed by atoms with E-state index < -0.39 is 5.97 Å². The molecule has 1 aromatic heterocycles. The van der Waals surface area contributed by atoms with E-state index in [1.807, 2.05) is 44.2 Å². The van der Waals surface area contributed by atoms with Crippen LogP contribution in [0.25, 0.3) is 0 Å². The fourth-order valence-electron chi connectivity index (χ4n) is 2.59. The number of aryl methyl sites for hydroxylation is 1. The maximum absolute atomic E-state index is 12.9. The highest BCUT2D eigenvalue weighted by Crippen LogP contribution is 2.34.